The Morgan fingerprint density at radius 2 is 1.44 bits per heavy atom. The lowest BCUT2D eigenvalue weighted by molar-refractivity contribution is 0.411. The van der Waals surface area contributed by atoms with Gasteiger partial charge in [0.15, 0.2) is 0 Å². The molecule has 0 saturated carbocycles. The third-order valence-corrected chi connectivity index (χ3v) is 5.96. The second-order valence-electron chi connectivity index (χ2n) is 6.11. The van der Waals surface area contributed by atoms with E-state index >= 15 is 0 Å². The zero-order valence-corrected chi connectivity index (χ0v) is 15.4. The first kappa shape index (κ1) is 16.1. The highest BCUT2D eigenvalue weighted by Crippen LogP contribution is 2.43. The Labute approximate surface area is 152 Å². The molecule has 1 saturated heterocycles. The van der Waals surface area contributed by atoms with Crippen LogP contribution in [-0.4, -0.2) is 40.4 Å². The minimum absolute atomic E-state index is 0.904. The number of thiophene rings is 1. The molecule has 0 aliphatic carbocycles. The number of piperazine rings is 1. The van der Waals surface area contributed by atoms with Crippen LogP contribution in [0.25, 0.3) is 10.1 Å². The monoisotopic (exact) mass is 354 g/mol. The van der Waals surface area contributed by atoms with Crippen LogP contribution in [0.2, 0.25) is 0 Å². The minimum Gasteiger partial charge on any atom is -0.496 e. The van der Waals surface area contributed by atoms with Crippen LogP contribution < -0.4 is 19.3 Å². The maximum Gasteiger partial charge on any atom is 0.137 e. The maximum atomic E-state index is 5.53. The molecule has 2 heterocycles. The summed E-state index contributed by atoms with van der Waals surface area (Å²) in [6.07, 6.45) is 0. The number of benzene rings is 2. The Bertz CT molecular complexity index is 814. The Morgan fingerprint density at radius 1 is 0.800 bits per heavy atom. The summed E-state index contributed by atoms with van der Waals surface area (Å²) in [5.41, 5.74) is 1.31. The van der Waals surface area contributed by atoms with Gasteiger partial charge in [-0.05, 0) is 30.3 Å². The van der Waals surface area contributed by atoms with Crippen LogP contribution in [0.1, 0.15) is 0 Å². The molecule has 1 aliphatic rings. The standard InChI is InChI=1S/C20H22N2O2S/c1-23-17-8-9-18(24-2)20-16(17)14-19(25-20)22-12-10-21(11-13-22)15-6-4-3-5-7-15/h3-9,14H,10-13H2,1-2H3. The molecule has 0 amide bonds. The predicted molar refractivity (Wildman–Crippen MR) is 106 cm³/mol. The molecule has 0 spiro atoms. The van der Waals surface area contributed by atoms with Crippen molar-refractivity contribution in [1.82, 2.24) is 0 Å². The van der Waals surface area contributed by atoms with Crippen molar-refractivity contribution in [2.75, 3.05) is 50.2 Å². The van der Waals surface area contributed by atoms with Gasteiger partial charge in [-0.25, -0.2) is 0 Å². The van der Waals surface area contributed by atoms with Crippen molar-refractivity contribution < 1.29 is 9.47 Å². The van der Waals surface area contributed by atoms with Crippen molar-refractivity contribution in [3.05, 3.63) is 48.5 Å². The van der Waals surface area contributed by atoms with Gasteiger partial charge in [0.25, 0.3) is 0 Å². The molecule has 0 radical (unpaired) electrons. The smallest absolute Gasteiger partial charge is 0.137 e. The van der Waals surface area contributed by atoms with Crippen LogP contribution in [-0.2, 0) is 0 Å². The molecule has 0 atom stereocenters. The average molecular weight is 354 g/mol. The highest BCUT2D eigenvalue weighted by atomic mass is 32.1. The zero-order chi connectivity index (χ0) is 17.2. The van der Waals surface area contributed by atoms with Crippen LogP contribution in [0.15, 0.2) is 48.5 Å². The number of anilines is 2. The summed E-state index contributed by atoms with van der Waals surface area (Å²) in [6, 6.07) is 16.8. The summed E-state index contributed by atoms with van der Waals surface area (Å²) >= 11 is 1.78. The van der Waals surface area contributed by atoms with E-state index in [2.05, 4.69) is 46.2 Å². The van der Waals surface area contributed by atoms with E-state index in [1.807, 2.05) is 12.1 Å². The van der Waals surface area contributed by atoms with Gasteiger partial charge in [-0.15, -0.1) is 11.3 Å². The van der Waals surface area contributed by atoms with Crippen LogP contribution in [0, 0.1) is 0 Å². The molecule has 1 aromatic heterocycles. The molecule has 1 aliphatic heterocycles. The second-order valence-corrected chi connectivity index (χ2v) is 7.14. The van der Waals surface area contributed by atoms with Crippen LogP contribution in [0.4, 0.5) is 10.7 Å². The van der Waals surface area contributed by atoms with Gasteiger partial charge in [0, 0.05) is 37.3 Å². The first-order valence-corrected chi connectivity index (χ1v) is 9.31. The van der Waals surface area contributed by atoms with E-state index in [4.69, 9.17) is 9.47 Å². The third-order valence-electron chi connectivity index (χ3n) is 4.75. The van der Waals surface area contributed by atoms with Crippen molar-refractivity contribution in [3.63, 3.8) is 0 Å². The SMILES string of the molecule is COc1ccc(OC)c2sc(N3CCN(c4ccccc4)CC3)cc12. The number of nitrogens with zero attached hydrogens (tertiary/aromatic N) is 2. The Morgan fingerprint density at radius 3 is 2.12 bits per heavy atom. The van der Waals surface area contributed by atoms with Crippen molar-refractivity contribution in [3.8, 4) is 11.5 Å². The molecular weight excluding hydrogens is 332 g/mol. The lowest BCUT2D eigenvalue weighted by atomic mass is 10.2. The van der Waals surface area contributed by atoms with Gasteiger partial charge in [0.05, 0.1) is 23.9 Å². The van der Waals surface area contributed by atoms with Crippen LogP contribution in [0.5, 0.6) is 11.5 Å². The quantitative estimate of drug-likeness (QED) is 0.699. The number of hydrogen-bond donors (Lipinski definition) is 0. The Hall–Kier alpha value is -2.40. The maximum absolute atomic E-state index is 5.53. The molecule has 5 heteroatoms. The normalized spacial score (nSPS) is 14.8. The van der Waals surface area contributed by atoms with E-state index in [0.29, 0.717) is 0 Å². The first-order valence-electron chi connectivity index (χ1n) is 8.49. The second kappa shape index (κ2) is 6.84. The Balaban J connectivity index is 1.57. The molecule has 1 fully saturated rings. The van der Waals surface area contributed by atoms with Gasteiger partial charge < -0.3 is 19.3 Å². The number of hydrogen-bond acceptors (Lipinski definition) is 5. The number of para-hydroxylation sites is 1. The molecule has 130 valence electrons. The number of fused-ring (bicyclic) bond motifs is 1. The summed E-state index contributed by atoms with van der Waals surface area (Å²) < 4.78 is 12.2. The van der Waals surface area contributed by atoms with Crippen LogP contribution in [0.3, 0.4) is 0 Å². The van der Waals surface area contributed by atoms with E-state index in [1.54, 1.807) is 25.6 Å². The molecular formula is C20H22N2O2S. The molecule has 4 rings (SSSR count). The fraction of sp³-hybridized carbons (Fsp3) is 0.300. The highest BCUT2D eigenvalue weighted by Gasteiger charge is 2.20. The fourth-order valence-electron chi connectivity index (χ4n) is 3.38. The lowest BCUT2D eigenvalue weighted by Crippen LogP contribution is -2.46. The van der Waals surface area contributed by atoms with E-state index in [0.717, 1.165) is 47.8 Å². The van der Waals surface area contributed by atoms with E-state index in [9.17, 15) is 0 Å². The van der Waals surface area contributed by atoms with Gasteiger partial charge >= 0.3 is 0 Å². The van der Waals surface area contributed by atoms with E-state index < -0.39 is 0 Å². The highest BCUT2D eigenvalue weighted by molar-refractivity contribution is 7.23. The fourth-order valence-corrected chi connectivity index (χ4v) is 4.60. The number of rotatable bonds is 4. The number of methoxy groups -OCH3 is 2. The van der Waals surface area contributed by atoms with E-state index in [1.165, 1.54) is 10.7 Å². The minimum atomic E-state index is 0.904. The van der Waals surface area contributed by atoms with E-state index in [-0.39, 0.29) is 0 Å². The van der Waals surface area contributed by atoms with Crippen molar-refractivity contribution in [1.29, 1.82) is 0 Å². The van der Waals surface area contributed by atoms with Crippen molar-refractivity contribution in [2.24, 2.45) is 0 Å². The zero-order valence-electron chi connectivity index (χ0n) is 14.6. The van der Waals surface area contributed by atoms with Gasteiger partial charge in [-0.2, -0.15) is 0 Å². The molecule has 4 nitrogen and oxygen atoms in total. The van der Waals surface area contributed by atoms with Crippen molar-refractivity contribution >= 4 is 32.1 Å². The van der Waals surface area contributed by atoms with Gasteiger partial charge in [-0.3, -0.25) is 0 Å². The molecule has 0 unspecified atom stereocenters. The lowest BCUT2D eigenvalue weighted by Gasteiger charge is -2.36. The topological polar surface area (TPSA) is 24.9 Å². The summed E-state index contributed by atoms with van der Waals surface area (Å²) in [6.45, 7) is 4.11. The summed E-state index contributed by atoms with van der Waals surface area (Å²) in [4.78, 5) is 4.91. The molecule has 0 bridgehead atoms. The van der Waals surface area contributed by atoms with Gasteiger partial charge in [-0.1, -0.05) is 18.2 Å². The summed E-state index contributed by atoms with van der Waals surface area (Å²) in [5.74, 6) is 1.82. The summed E-state index contributed by atoms with van der Waals surface area (Å²) in [7, 11) is 3.44. The molecule has 0 N–H and O–H groups in total. The predicted octanol–water partition coefficient (Wildman–Crippen LogP) is 4.25. The average Bonchev–Trinajstić information content (AvgIpc) is 3.13. The third kappa shape index (κ3) is 3.00. The van der Waals surface area contributed by atoms with Gasteiger partial charge in [0.1, 0.15) is 11.5 Å². The largest absolute Gasteiger partial charge is 0.496 e. The number of ether oxygens (including phenoxy) is 2. The van der Waals surface area contributed by atoms with Crippen LogP contribution >= 0.6 is 11.3 Å². The molecule has 25 heavy (non-hydrogen) atoms. The molecule has 2 aromatic carbocycles. The van der Waals surface area contributed by atoms with Crippen molar-refractivity contribution in [2.45, 2.75) is 0 Å². The summed E-state index contributed by atoms with van der Waals surface area (Å²) in [5, 5.41) is 2.41. The Kier molecular flexibility index (Phi) is 4.40. The first-order chi connectivity index (χ1) is 12.3. The molecule has 3 aromatic rings. The van der Waals surface area contributed by atoms with Gasteiger partial charge in [0.2, 0.25) is 0 Å².